The van der Waals surface area contributed by atoms with Gasteiger partial charge in [-0.15, -0.1) is 0 Å². The van der Waals surface area contributed by atoms with Crippen molar-refractivity contribution in [3.8, 4) is 6.07 Å². The van der Waals surface area contributed by atoms with Gasteiger partial charge in [0.15, 0.2) is 0 Å². The second kappa shape index (κ2) is 5.41. The van der Waals surface area contributed by atoms with Gasteiger partial charge in [-0.1, -0.05) is 35.3 Å². The third-order valence-corrected chi connectivity index (χ3v) is 4.83. The third kappa shape index (κ3) is 2.27. The lowest BCUT2D eigenvalue weighted by Crippen LogP contribution is -2.11. The van der Waals surface area contributed by atoms with Crippen LogP contribution in [0.2, 0.25) is 0 Å². The van der Waals surface area contributed by atoms with Gasteiger partial charge in [0.2, 0.25) is 0 Å². The average Bonchev–Trinajstić information content (AvgIpc) is 2.88. The van der Waals surface area contributed by atoms with Gasteiger partial charge in [-0.3, -0.25) is 0 Å². The monoisotopic (exact) mass is 329 g/mol. The number of halogens is 1. The second-order valence-corrected chi connectivity index (χ2v) is 6.28. The lowest BCUT2D eigenvalue weighted by molar-refractivity contribution is 0.533. The molecule has 0 radical (unpaired) electrons. The Morgan fingerprint density at radius 2 is 2.25 bits per heavy atom. The Balaban J connectivity index is 2.07. The van der Waals surface area contributed by atoms with E-state index in [0.29, 0.717) is 17.5 Å². The van der Waals surface area contributed by atoms with E-state index in [1.807, 2.05) is 24.7 Å². The van der Waals surface area contributed by atoms with Crippen LogP contribution in [-0.4, -0.2) is 9.55 Å². The Hall–Kier alpha value is -1.60. The first-order chi connectivity index (χ1) is 9.70. The van der Waals surface area contributed by atoms with E-state index >= 15 is 0 Å². The van der Waals surface area contributed by atoms with Crippen LogP contribution in [0, 0.1) is 11.3 Å². The van der Waals surface area contributed by atoms with Crippen LogP contribution in [0.25, 0.3) is 0 Å². The number of rotatable bonds is 1. The fraction of sp³-hybridized carbons (Fsp3) is 0.375. The van der Waals surface area contributed by atoms with Crippen molar-refractivity contribution in [2.24, 2.45) is 0 Å². The van der Waals surface area contributed by atoms with Crippen molar-refractivity contribution >= 4 is 15.9 Å². The Morgan fingerprint density at radius 1 is 1.40 bits per heavy atom. The molecule has 0 bridgehead atoms. The fourth-order valence-electron chi connectivity index (χ4n) is 3.03. The molecule has 1 aromatic carbocycles. The summed E-state index contributed by atoms with van der Waals surface area (Å²) in [5.74, 6) is 0.555. The highest BCUT2D eigenvalue weighted by Gasteiger charge is 2.24. The van der Waals surface area contributed by atoms with Gasteiger partial charge in [-0.25, -0.2) is 4.98 Å². The molecular weight excluding hydrogens is 314 g/mol. The minimum absolute atomic E-state index is 0.305. The van der Waals surface area contributed by atoms with Crippen LogP contribution in [0.3, 0.4) is 0 Å². The number of aromatic nitrogens is 2. The SMILES string of the molecule is CC1CCCC(c2ccc(C#N)cc2Br)n2cncc21. The molecule has 2 aromatic rings. The van der Waals surface area contributed by atoms with Crippen LogP contribution in [0.15, 0.2) is 35.2 Å². The summed E-state index contributed by atoms with van der Waals surface area (Å²) in [5.41, 5.74) is 3.23. The molecule has 20 heavy (non-hydrogen) atoms. The number of hydrogen-bond acceptors (Lipinski definition) is 2. The minimum atomic E-state index is 0.305. The van der Waals surface area contributed by atoms with E-state index in [-0.39, 0.29) is 0 Å². The first kappa shape index (κ1) is 13.4. The lowest BCUT2D eigenvalue weighted by atomic mass is 9.99. The summed E-state index contributed by atoms with van der Waals surface area (Å²) in [6, 6.07) is 8.35. The Kier molecular flexibility index (Phi) is 3.62. The predicted molar refractivity (Wildman–Crippen MR) is 81.5 cm³/mol. The summed E-state index contributed by atoms with van der Waals surface area (Å²) in [4.78, 5) is 4.33. The number of benzene rings is 1. The molecule has 0 saturated heterocycles. The molecule has 3 rings (SSSR count). The van der Waals surface area contributed by atoms with Gasteiger partial charge in [0.1, 0.15) is 0 Å². The average molecular weight is 330 g/mol. The van der Waals surface area contributed by atoms with Gasteiger partial charge in [0, 0.05) is 16.4 Å². The first-order valence-electron chi connectivity index (χ1n) is 6.92. The van der Waals surface area contributed by atoms with E-state index < -0.39 is 0 Å². The number of imidazole rings is 1. The van der Waals surface area contributed by atoms with Gasteiger partial charge in [0.25, 0.3) is 0 Å². The van der Waals surface area contributed by atoms with Crippen LogP contribution in [0.1, 0.15) is 55.0 Å². The molecule has 2 atom stereocenters. The summed E-state index contributed by atoms with van der Waals surface area (Å²) in [6.45, 7) is 2.27. The molecule has 4 heteroatoms. The lowest BCUT2D eigenvalue weighted by Gasteiger charge is -2.21. The van der Waals surface area contributed by atoms with Crippen LogP contribution in [0.5, 0.6) is 0 Å². The summed E-state index contributed by atoms with van der Waals surface area (Å²) in [7, 11) is 0. The smallest absolute Gasteiger partial charge is 0.0992 e. The van der Waals surface area contributed by atoms with Crippen molar-refractivity contribution < 1.29 is 0 Å². The van der Waals surface area contributed by atoms with Crippen molar-refractivity contribution in [1.82, 2.24) is 9.55 Å². The number of fused-ring (bicyclic) bond motifs is 1. The zero-order valence-electron chi connectivity index (χ0n) is 11.4. The van der Waals surface area contributed by atoms with Crippen molar-refractivity contribution in [3.05, 3.63) is 52.0 Å². The van der Waals surface area contributed by atoms with E-state index in [1.54, 1.807) is 0 Å². The molecule has 1 aromatic heterocycles. The summed E-state index contributed by atoms with van der Waals surface area (Å²) >= 11 is 3.62. The zero-order valence-corrected chi connectivity index (χ0v) is 13.0. The summed E-state index contributed by atoms with van der Waals surface area (Å²) in [6.07, 6.45) is 7.45. The maximum absolute atomic E-state index is 8.98. The fourth-order valence-corrected chi connectivity index (χ4v) is 3.68. The molecule has 1 aliphatic heterocycles. The molecule has 1 aliphatic rings. The number of nitriles is 1. The quantitative estimate of drug-likeness (QED) is 0.778. The van der Waals surface area contributed by atoms with Crippen molar-refractivity contribution in [3.63, 3.8) is 0 Å². The maximum atomic E-state index is 8.98. The first-order valence-corrected chi connectivity index (χ1v) is 7.71. The van der Waals surface area contributed by atoms with Gasteiger partial charge in [-0.2, -0.15) is 5.26 Å². The molecule has 0 amide bonds. The van der Waals surface area contributed by atoms with E-state index in [9.17, 15) is 0 Å². The number of nitrogens with zero attached hydrogens (tertiary/aromatic N) is 3. The van der Waals surface area contributed by atoms with E-state index in [1.165, 1.54) is 24.1 Å². The predicted octanol–water partition coefficient (Wildman–Crippen LogP) is 4.39. The normalized spacial score (nSPS) is 21.9. The van der Waals surface area contributed by atoms with Gasteiger partial charge in [0.05, 0.1) is 24.0 Å². The molecule has 0 fully saturated rings. The van der Waals surface area contributed by atoms with Gasteiger partial charge >= 0.3 is 0 Å². The van der Waals surface area contributed by atoms with Crippen LogP contribution < -0.4 is 0 Å². The molecule has 0 N–H and O–H groups in total. The molecule has 0 aliphatic carbocycles. The molecule has 2 unspecified atom stereocenters. The second-order valence-electron chi connectivity index (χ2n) is 5.42. The molecule has 0 spiro atoms. The van der Waals surface area contributed by atoms with Crippen LogP contribution in [0.4, 0.5) is 0 Å². The summed E-state index contributed by atoms with van der Waals surface area (Å²) in [5, 5.41) is 8.98. The molecule has 2 heterocycles. The van der Waals surface area contributed by atoms with Crippen molar-refractivity contribution in [2.45, 2.75) is 38.1 Å². The van der Waals surface area contributed by atoms with E-state index in [4.69, 9.17) is 5.26 Å². The van der Waals surface area contributed by atoms with E-state index in [0.717, 1.165) is 10.9 Å². The number of hydrogen-bond donors (Lipinski definition) is 0. The van der Waals surface area contributed by atoms with E-state index in [2.05, 4.69) is 44.5 Å². The third-order valence-electron chi connectivity index (χ3n) is 4.14. The Morgan fingerprint density at radius 3 is 3.00 bits per heavy atom. The highest BCUT2D eigenvalue weighted by Crippen LogP contribution is 2.37. The van der Waals surface area contributed by atoms with Gasteiger partial charge < -0.3 is 4.57 Å². The Labute approximate surface area is 127 Å². The highest BCUT2D eigenvalue weighted by molar-refractivity contribution is 9.10. The van der Waals surface area contributed by atoms with Gasteiger partial charge in [-0.05, 0) is 36.5 Å². The van der Waals surface area contributed by atoms with Crippen LogP contribution in [-0.2, 0) is 0 Å². The van der Waals surface area contributed by atoms with Crippen molar-refractivity contribution in [2.75, 3.05) is 0 Å². The zero-order chi connectivity index (χ0) is 14.1. The molecule has 102 valence electrons. The van der Waals surface area contributed by atoms with Crippen LogP contribution >= 0.6 is 15.9 Å². The summed E-state index contributed by atoms with van der Waals surface area (Å²) < 4.78 is 3.31. The highest BCUT2D eigenvalue weighted by atomic mass is 79.9. The minimum Gasteiger partial charge on any atom is -0.327 e. The molecule has 3 nitrogen and oxygen atoms in total. The largest absolute Gasteiger partial charge is 0.327 e. The van der Waals surface area contributed by atoms with Crippen molar-refractivity contribution in [1.29, 1.82) is 5.26 Å². The molecule has 0 saturated carbocycles. The standard InChI is InChI=1S/C16H16BrN3/c1-11-3-2-4-15(20-10-19-9-16(11)20)13-6-5-12(8-18)7-14(13)17/h5-7,9-11,15H,2-4H2,1H3. The molecular formula is C16H16BrN3. The Bertz CT molecular complexity index is 669. The maximum Gasteiger partial charge on any atom is 0.0992 e. The topological polar surface area (TPSA) is 41.6 Å².